The summed E-state index contributed by atoms with van der Waals surface area (Å²) in [4.78, 5) is 33.2. The monoisotopic (exact) mass is 490 g/mol. The third-order valence-corrected chi connectivity index (χ3v) is 6.49. The van der Waals surface area contributed by atoms with Gasteiger partial charge in [0.15, 0.2) is 0 Å². The zero-order chi connectivity index (χ0) is 25.5. The molecule has 0 unspecified atom stereocenters. The number of carbonyl (C=O) groups is 2. The van der Waals surface area contributed by atoms with Crippen LogP contribution in [0.3, 0.4) is 0 Å². The van der Waals surface area contributed by atoms with Gasteiger partial charge >= 0.3 is 5.97 Å². The molecule has 1 amide bonds. The third-order valence-electron chi connectivity index (χ3n) is 6.49. The molecule has 36 heavy (non-hydrogen) atoms. The van der Waals surface area contributed by atoms with E-state index in [1.807, 2.05) is 35.9 Å². The fraction of sp³-hybridized carbons (Fsp3) is 0.407. The number of hydrogen-bond acceptors (Lipinski definition) is 7. The molecule has 0 atom stereocenters. The topological polar surface area (TPSA) is 92.6 Å². The van der Waals surface area contributed by atoms with E-state index in [-0.39, 0.29) is 11.9 Å². The number of piperazine rings is 1. The van der Waals surface area contributed by atoms with Crippen LogP contribution in [-0.4, -0.2) is 70.9 Å². The molecule has 4 rings (SSSR count). The van der Waals surface area contributed by atoms with Gasteiger partial charge in [-0.25, -0.2) is 9.78 Å². The molecule has 3 aromatic rings. The zero-order valence-electron chi connectivity index (χ0n) is 21.2. The molecule has 0 aliphatic carbocycles. The molecule has 1 N–H and O–H groups in total. The number of benzene rings is 1. The molecule has 9 nitrogen and oxygen atoms in total. The van der Waals surface area contributed by atoms with Gasteiger partial charge < -0.3 is 15.0 Å². The first kappa shape index (κ1) is 25.4. The first-order chi connectivity index (χ1) is 17.4. The van der Waals surface area contributed by atoms with Crippen molar-refractivity contribution in [3.63, 3.8) is 0 Å². The van der Waals surface area contributed by atoms with E-state index in [1.165, 1.54) is 5.56 Å². The van der Waals surface area contributed by atoms with Gasteiger partial charge in [-0.3, -0.25) is 14.4 Å². The maximum absolute atomic E-state index is 12.7. The maximum Gasteiger partial charge on any atom is 0.339 e. The van der Waals surface area contributed by atoms with Crippen molar-refractivity contribution in [3.05, 3.63) is 76.7 Å². The Kier molecular flexibility index (Phi) is 8.32. The predicted molar refractivity (Wildman–Crippen MR) is 138 cm³/mol. The van der Waals surface area contributed by atoms with Gasteiger partial charge in [0.1, 0.15) is 5.82 Å². The molecule has 1 aliphatic heterocycles. The normalized spacial score (nSPS) is 14.0. The largest absolute Gasteiger partial charge is 0.462 e. The van der Waals surface area contributed by atoms with Crippen LogP contribution in [0.15, 0.2) is 48.7 Å². The Balaban J connectivity index is 1.24. The van der Waals surface area contributed by atoms with Gasteiger partial charge in [0.05, 0.1) is 31.0 Å². The molecule has 0 saturated carbocycles. The highest BCUT2D eigenvalue weighted by molar-refractivity contribution is 5.89. The van der Waals surface area contributed by atoms with Crippen LogP contribution in [-0.2, 0) is 22.6 Å². The first-order valence-corrected chi connectivity index (χ1v) is 12.4. The summed E-state index contributed by atoms with van der Waals surface area (Å²) in [6.07, 6.45) is 1.55. The summed E-state index contributed by atoms with van der Waals surface area (Å²) < 4.78 is 7.01. The molecule has 2 aromatic heterocycles. The van der Waals surface area contributed by atoms with Gasteiger partial charge in [0.2, 0.25) is 5.91 Å². The molecule has 0 spiro atoms. The van der Waals surface area contributed by atoms with Crippen molar-refractivity contribution >= 4 is 17.7 Å². The molecule has 1 aliphatic rings. The molecule has 1 aromatic carbocycles. The number of pyridine rings is 1. The van der Waals surface area contributed by atoms with Crippen molar-refractivity contribution in [1.82, 2.24) is 25.0 Å². The summed E-state index contributed by atoms with van der Waals surface area (Å²) in [5, 5.41) is 7.75. The molecular formula is C27H34N6O3. The van der Waals surface area contributed by atoms with Gasteiger partial charge in [-0.1, -0.05) is 30.3 Å². The Labute approximate surface area is 212 Å². The minimum absolute atomic E-state index is 0.00924. The van der Waals surface area contributed by atoms with E-state index < -0.39 is 0 Å². The summed E-state index contributed by atoms with van der Waals surface area (Å²) in [5.74, 6) is 0.474. The fourth-order valence-corrected chi connectivity index (χ4v) is 4.39. The van der Waals surface area contributed by atoms with Crippen LogP contribution in [0.25, 0.3) is 0 Å². The highest BCUT2D eigenvalue weighted by atomic mass is 16.5. The fourth-order valence-electron chi connectivity index (χ4n) is 4.39. The van der Waals surface area contributed by atoms with Crippen molar-refractivity contribution < 1.29 is 14.3 Å². The number of amides is 1. The molecule has 0 radical (unpaired) electrons. The van der Waals surface area contributed by atoms with E-state index in [0.29, 0.717) is 31.8 Å². The predicted octanol–water partition coefficient (Wildman–Crippen LogP) is 2.56. The number of aryl methyl sites for hydroxylation is 1. The Bertz CT molecular complexity index is 1170. The number of rotatable bonds is 9. The van der Waals surface area contributed by atoms with Crippen LogP contribution in [0.1, 0.15) is 39.8 Å². The van der Waals surface area contributed by atoms with Crippen LogP contribution < -0.4 is 10.2 Å². The average Bonchev–Trinajstić information content (AvgIpc) is 3.15. The van der Waals surface area contributed by atoms with E-state index >= 15 is 0 Å². The van der Waals surface area contributed by atoms with Crippen LogP contribution >= 0.6 is 0 Å². The summed E-state index contributed by atoms with van der Waals surface area (Å²) in [7, 11) is 0. The second-order valence-corrected chi connectivity index (χ2v) is 8.96. The Morgan fingerprint density at radius 2 is 1.78 bits per heavy atom. The lowest BCUT2D eigenvalue weighted by atomic mass is 10.2. The standard InChI is InChI=1S/C27H34N6O3/c1-4-36-27(35)23-10-11-25(28-16-23)32-14-12-31(13-15-32)19-26(34)29-17-24-20(2)30-33(21(24)3)18-22-8-6-5-7-9-22/h5-11,16H,4,12-15,17-19H2,1-3H3,(H,29,34). The Morgan fingerprint density at radius 3 is 2.44 bits per heavy atom. The van der Waals surface area contributed by atoms with Gasteiger partial charge in [-0.15, -0.1) is 0 Å². The Hall–Kier alpha value is -3.72. The lowest BCUT2D eigenvalue weighted by Gasteiger charge is -2.35. The summed E-state index contributed by atoms with van der Waals surface area (Å²) in [5.41, 5.74) is 4.74. The molecule has 0 bridgehead atoms. The number of nitrogens with zero attached hydrogens (tertiary/aromatic N) is 5. The molecule has 3 heterocycles. The van der Waals surface area contributed by atoms with Crippen molar-refractivity contribution in [3.8, 4) is 0 Å². The molecule has 190 valence electrons. The van der Waals surface area contributed by atoms with Gasteiger partial charge in [0.25, 0.3) is 0 Å². The van der Waals surface area contributed by atoms with E-state index in [1.54, 1.807) is 19.2 Å². The number of carbonyl (C=O) groups excluding carboxylic acids is 2. The van der Waals surface area contributed by atoms with Crippen molar-refractivity contribution in [2.24, 2.45) is 0 Å². The highest BCUT2D eigenvalue weighted by Gasteiger charge is 2.21. The second kappa shape index (κ2) is 11.8. The Morgan fingerprint density at radius 1 is 1.03 bits per heavy atom. The highest BCUT2D eigenvalue weighted by Crippen LogP contribution is 2.16. The lowest BCUT2D eigenvalue weighted by Crippen LogP contribution is -2.49. The summed E-state index contributed by atoms with van der Waals surface area (Å²) in [6.45, 7) is 10.8. The van der Waals surface area contributed by atoms with E-state index in [4.69, 9.17) is 4.74 Å². The van der Waals surface area contributed by atoms with Crippen molar-refractivity contribution in [1.29, 1.82) is 0 Å². The van der Waals surface area contributed by atoms with E-state index in [2.05, 4.69) is 44.3 Å². The summed E-state index contributed by atoms with van der Waals surface area (Å²) in [6, 6.07) is 13.8. The summed E-state index contributed by atoms with van der Waals surface area (Å²) >= 11 is 0. The van der Waals surface area contributed by atoms with Crippen LogP contribution in [0, 0.1) is 13.8 Å². The van der Waals surface area contributed by atoms with E-state index in [9.17, 15) is 9.59 Å². The number of esters is 1. The van der Waals surface area contributed by atoms with Gasteiger partial charge in [-0.2, -0.15) is 5.10 Å². The number of aromatic nitrogens is 3. The number of hydrogen-bond donors (Lipinski definition) is 1. The van der Waals surface area contributed by atoms with Crippen LogP contribution in [0.4, 0.5) is 5.82 Å². The number of anilines is 1. The SMILES string of the molecule is CCOC(=O)c1ccc(N2CCN(CC(=O)NCc3c(C)nn(Cc4ccccc4)c3C)CC2)nc1. The smallest absolute Gasteiger partial charge is 0.339 e. The maximum atomic E-state index is 12.7. The average molecular weight is 491 g/mol. The van der Waals surface area contributed by atoms with Crippen molar-refractivity contribution in [2.45, 2.75) is 33.9 Å². The molecule has 1 fully saturated rings. The van der Waals surface area contributed by atoms with Crippen LogP contribution in [0.5, 0.6) is 0 Å². The minimum atomic E-state index is -0.360. The number of nitrogens with one attached hydrogen (secondary N) is 1. The molecule has 1 saturated heterocycles. The van der Waals surface area contributed by atoms with Gasteiger partial charge in [0, 0.05) is 50.2 Å². The van der Waals surface area contributed by atoms with Gasteiger partial charge in [-0.05, 0) is 38.5 Å². The quantitative estimate of drug-likeness (QED) is 0.461. The first-order valence-electron chi connectivity index (χ1n) is 12.4. The number of ether oxygens (including phenoxy) is 1. The van der Waals surface area contributed by atoms with Crippen LogP contribution in [0.2, 0.25) is 0 Å². The molecule has 9 heteroatoms. The lowest BCUT2D eigenvalue weighted by molar-refractivity contribution is -0.122. The second-order valence-electron chi connectivity index (χ2n) is 8.96. The molecular weight excluding hydrogens is 456 g/mol. The third kappa shape index (κ3) is 6.28. The van der Waals surface area contributed by atoms with Crippen molar-refractivity contribution in [2.75, 3.05) is 44.2 Å². The zero-order valence-corrected chi connectivity index (χ0v) is 21.2. The minimum Gasteiger partial charge on any atom is -0.462 e. The van der Waals surface area contributed by atoms with E-state index in [0.717, 1.165) is 48.9 Å².